The number of carbonyl (C=O) groups excluding carboxylic acids is 1. The number of carbonyl (C=O) groups is 1. The van der Waals surface area contributed by atoms with Crippen molar-refractivity contribution in [2.45, 2.75) is 52.0 Å². The third-order valence-electron chi connectivity index (χ3n) is 4.98. The van der Waals surface area contributed by atoms with Gasteiger partial charge in [0.15, 0.2) is 0 Å². The Bertz CT molecular complexity index is 450. The summed E-state index contributed by atoms with van der Waals surface area (Å²) in [5.74, 6) is 1.73. The fourth-order valence-electron chi connectivity index (χ4n) is 3.43. The predicted octanol–water partition coefficient (Wildman–Crippen LogP) is 3.17. The van der Waals surface area contributed by atoms with E-state index in [4.69, 9.17) is 0 Å². The Balaban J connectivity index is 1.82. The van der Waals surface area contributed by atoms with Gasteiger partial charge in [-0.3, -0.25) is 4.79 Å². The molecule has 1 fully saturated rings. The summed E-state index contributed by atoms with van der Waals surface area (Å²) in [4.78, 5) is 12.4. The van der Waals surface area contributed by atoms with Crippen molar-refractivity contribution in [1.29, 1.82) is 0 Å². The molecule has 1 saturated carbocycles. The molecule has 0 unspecified atom stereocenters. The molecule has 0 spiro atoms. The lowest BCUT2D eigenvalue weighted by Gasteiger charge is -2.31. The molecule has 0 heterocycles. The van der Waals surface area contributed by atoms with Gasteiger partial charge in [-0.15, -0.1) is 0 Å². The molecule has 1 aliphatic carbocycles. The van der Waals surface area contributed by atoms with Gasteiger partial charge in [0.2, 0.25) is 5.91 Å². The average molecular weight is 303 g/mol. The zero-order valence-corrected chi connectivity index (χ0v) is 13.8. The minimum absolute atomic E-state index is 0.0119. The van der Waals surface area contributed by atoms with Crippen molar-refractivity contribution in [1.82, 2.24) is 5.32 Å². The largest absolute Gasteiger partial charge is 0.394 e. The predicted molar refractivity (Wildman–Crippen MR) is 89.4 cm³/mol. The molecular formula is C19H29NO2. The second-order valence-electron chi connectivity index (χ2n) is 6.93. The molecule has 0 aliphatic heterocycles. The summed E-state index contributed by atoms with van der Waals surface area (Å²) in [5.41, 5.74) is 1.14. The molecule has 0 bridgehead atoms. The number of hydrogen-bond acceptors (Lipinski definition) is 2. The fourth-order valence-corrected chi connectivity index (χ4v) is 3.43. The van der Waals surface area contributed by atoms with Crippen molar-refractivity contribution in [3.8, 4) is 0 Å². The number of rotatable bonds is 6. The zero-order chi connectivity index (χ0) is 15.9. The van der Waals surface area contributed by atoms with Gasteiger partial charge in [-0.2, -0.15) is 0 Å². The van der Waals surface area contributed by atoms with Crippen LogP contribution in [0.2, 0.25) is 0 Å². The van der Waals surface area contributed by atoms with E-state index < -0.39 is 0 Å². The lowest BCUT2D eigenvalue weighted by molar-refractivity contribution is -0.127. The van der Waals surface area contributed by atoms with Crippen molar-refractivity contribution in [3.63, 3.8) is 0 Å². The third-order valence-corrected chi connectivity index (χ3v) is 4.98. The highest BCUT2D eigenvalue weighted by Crippen LogP contribution is 2.33. The average Bonchev–Trinajstić information content (AvgIpc) is 2.55. The lowest BCUT2D eigenvalue weighted by atomic mass is 9.76. The van der Waals surface area contributed by atoms with Crippen LogP contribution >= 0.6 is 0 Å². The van der Waals surface area contributed by atoms with E-state index in [0.717, 1.165) is 37.2 Å². The van der Waals surface area contributed by atoms with E-state index in [1.165, 1.54) is 0 Å². The van der Waals surface area contributed by atoms with E-state index >= 15 is 0 Å². The summed E-state index contributed by atoms with van der Waals surface area (Å²) in [6, 6.07) is 9.82. The Labute approximate surface area is 134 Å². The van der Waals surface area contributed by atoms with Gasteiger partial charge in [0, 0.05) is 5.92 Å². The summed E-state index contributed by atoms with van der Waals surface area (Å²) >= 11 is 0. The normalized spacial score (nSPS) is 23.3. The van der Waals surface area contributed by atoms with E-state index in [9.17, 15) is 9.90 Å². The van der Waals surface area contributed by atoms with Crippen LogP contribution in [0.4, 0.5) is 0 Å². The minimum atomic E-state index is -0.183. The molecule has 0 aromatic heterocycles. The molecule has 122 valence electrons. The first-order chi connectivity index (χ1) is 10.6. The van der Waals surface area contributed by atoms with Gasteiger partial charge in [-0.05, 0) is 49.5 Å². The Hall–Kier alpha value is -1.35. The van der Waals surface area contributed by atoms with Gasteiger partial charge in [0.25, 0.3) is 0 Å². The summed E-state index contributed by atoms with van der Waals surface area (Å²) in [6.45, 7) is 4.53. The van der Waals surface area contributed by atoms with Crippen LogP contribution in [-0.2, 0) is 11.2 Å². The van der Waals surface area contributed by atoms with Gasteiger partial charge in [0.1, 0.15) is 0 Å². The molecule has 1 aromatic rings. The van der Waals surface area contributed by atoms with Crippen LogP contribution in [0, 0.1) is 17.8 Å². The highest BCUT2D eigenvalue weighted by molar-refractivity contribution is 5.79. The summed E-state index contributed by atoms with van der Waals surface area (Å²) in [6.07, 6.45) is 4.96. The van der Waals surface area contributed by atoms with Crippen LogP contribution in [0.1, 0.15) is 45.1 Å². The van der Waals surface area contributed by atoms with Gasteiger partial charge in [-0.1, -0.05) is 44.2 Å². The first-order valence-electron chi connectivity index (χ1n) is 8.55. The number of nitrogens with one attached hydrogen (secondary N) is 1. The minimum Gasteiger partial charge on any atom is -0.394 e. The standard InChI is InChI=1S/C19H29NO2/c1-14(2)16-8-10-17(11-9-16)19(22)20-18(13-21)12-15-6-4-3-5-7-15/h3-7,14,16-18,21H,8-13H2,1-2H3,(H,20,22)/t16-,17-,18-/m1/s1. The van der Waals surface area contributed by atoms with Crippen LogP contribution in [0.25, 0.3) is 0 Å². The van der Waals surface area contributed by atoms with E-state index in [1.54, 1.807) is 0 Å². The van der Waals surface area contributed by atoms with Crippen molar-refractivity contribution in [3.05, 3.63) is 35.9 Å². The van der Waals surface area contributed by atoms with Crippen molar-refractivity contribution < 1.29 is 9.90 Å². The molecule has 1 aliphatic rings. The van der Waals surface area contributed by atoms with Gasteiger partial charge in [-0.25, -0.2) is 0 Å². The molecule has 22 heavy (non-hydrogen) atoms. The van der Waals surface area contributed by atoms with Crippen LogP contribution in [-0.4, -0.2) is 23.7 Å². The molecule has 0 radical (unpaired) electrons. The second-order valence-corrected chi connectivity index (χ2v) is 6.93. The zero-order valence-electron chi connectivity index (χ0n) is 13.8. The Morgan fingerprint density at radius 3 is 2.36 bits per heavy atom. The molecule has 1 aromatic carbocycles. The van der Waals surface area contributed by atoms with Crippen LogP contribution in [0.3, 0.4) is 0 Å². The van der Waals surface area contributed by atoms with Gasteiger partial charge < -0.3 is 10.4 Å². The second kappa shape index (κ2) is 8.33. The Morgan fingerprint density at radius 1 is 1.18 bits per heavy atom. The number of benzene rings is 1. The van der Waals surface area contributed by atoms with Crippen molar-refractivity contribution in [2.75, 3.05) is 6.61 Å². The van der Waals surface area contributed by atoms with Gasteiger partial charge >= 0.3 is 0 Å². The smallest absolute Gasteiger partial charge is 0.223 e. The molecular weight excluding hydrogens is 274 g/mol. The SMILES string of the molecule is CC(C)[C@H]1CC[C@H](C(=O)N[C@@H](CO)Cc2ccccc2)CC1. The van der Waals surface area contributed by atoms with E-state index in [2.05, 4.69) is 19.2 Å². The maximum Gasteiger partial charge on any atom is 0.223 e. The summed E-state index contributed by atoms with van der Waals surface area (Å²) in [7, 11) is 0. The fraction of sp³-hybridized carbons (Fsp3) is 0.632. The number of amides is 1. The Kier molecular flexibility index (Phi) is 6.44. The maximum atomic E-state index is 12.4. The molecule has 2 N–H and O–H groups in total. The molecule has 3 heteroatoms. The first-order valence-corrected chi connectivity index (χ1v) is 8.55. The molecule has 3 nitrogen and oxygen atoms in total. The molecule has 2 rings (SSSR count). The van der Waals surface area contributed by atoms with Crippen molar-refractivity contribution >= 4 is 5.91 Å². The molecule has 0 saturated heterocycles. The van der Waals surface area contributed by atoms with Gasteiger partial charge in [0.05, 0.1) is 12.6 Å². The Morgan fingerprint density at radius 2 is 1.82 bits per heavy atom. The maximum absolute atomic E-state index is 12.4. The number of hydrogen-bond donors (Lipinski definition) is 2. The third kappa shape index (κ3) is 4.84. The van der Waals surface area contributed by atoms with E-state index in [-0.39, 0.29) is 24.5 Å². The van der Waals surface area contributed by atoms with Crippen molar-refractivity contribution in [2.24, 2.45) is 17.8 Å². The first kappa shape index (κ1) is 17.0. The molecule has 1 atom stereocenters. The monoisotopic (exact) mass is 303 g/mol. The number of aliphatic hydroxyl groups is 1. The van der Waals surface area contributed by atoms with Crippen LogP contribution in [0.5, 0.6) is 0 Å². The van der Waals surface area contributed by atoms with E-state index in [0.29, 0.717) is 12.3 Å². The topological polar surface area (TPSA) is 49.3 Å². The highest BCUT2D eigenvalue weighted by atomic mass is 16.3. The summed E-state index contributed by atoms with van der Waals surface area (Å²) < 4.78 is 0. The quantitative estimate of drug-likeness (QED) is 0.848. The van der Waals surface area contributed by atoms with Crippen LogP contribution < -0.4 is 5.32 Å². The van der Waals surface area contributed by atoms with Crippen LogP contribution in [0.15, 0.2) is 30.3 Å². The summed E-state index contributed by atoms with van der Waals surface area (Å²) in [5, 5.41) is 12.6. The molecule has 1 amide bonds. The lowest BCUT2D eigenvalue weighted by Crippen LogP contribution is -2.43. The highest BCUT2D eigenvalue weighted by Gasteiger charge is 2.28. The van der Waals surface area contributed by atoms with E-state index in [1.807, 2.05) is 30.3 Å². The number of aliphatic hydroxyl groups excluding tert-OH is 1.